The highest BCUT2D eigenvalue weighted by atomic mass is 32.1. The second kappa shape index (κ2) is 8.63. The molecule has 0 saturated carbocycles. The number of likely N-dealkylation sites (N-methyl/N-ethyl adjacent to an activating group) is 1. The van der Waals surface area contributed by atoms with Crippen molar-refractivity contribution in [3.63, 3.8) is 0 Å². The van der Waals surface area contributed by atoms with Gasteiger partial charge in [-0.3, -0.25) is 14.5 Å². The zero-order valence-corrected chi connectivity index (χ0v) is 16.5. The predicted molar refractivity (Wildman–Crippen MR) is 106 cm³/mol. The topological polar surface area (TPSA) is 73.7 Å². The summed E-state index contributed by atoms with van der Waals surface area (Å²) in [5.74, 6) is -0.776. The van der Waals surface area contributed by atoms with Gasteiger partial charge in [0.25, 0.3) is 5.91 Å². The van der Waals surface area contributed by atoms with Crippen LogP contribution in [0.1, 0.15) is 34.4 Å². The number of aryl methyl sites for hydroxylation is 1. The molecule has 27 heavy (non-hydrogen) atoms. The SMILES string of the molecule is CCN(CC(=O)O)C1CCN(C(=O)c2sc(C)nc2-c2ccccc2)CC1. The number of carboxylic acids is 1. The number of hydrogen-bond acceptors (Lipinski definition) is 5. The molecule has 1 aliphatic heterocycles. The molecule has 7 heteroatoms. The summed E-state index contributed by atoms with van der Waals surface area (Å²) in [4.78, 5) is 33.3. The third-order valence-electron chi connectivity index (χ3n) is 4.99. The number of amides is 1. The molecule has 0 spiro atoms. The molecule has 1 fully saturated rings. The first-order chi connectivity index (χ1) is 13.0. The molecule has 0 unspecified atom stereocenters. The fourth-order valence-electron chi connectivity index (χ4n) is 3.61. The van der Waals surface area contributed by atoms with Crippen LogP contribution in [-0.2, 0) is 4.79 Å². The monoisotopic (exact) mass is 387 g/mol. The number of carbonyl (C=O) groups excluding carboxylic acids is 1. The average molecular weight is 388 g/mol. The third kappa shape index (κ3) is 4.54. The van der Waals surface area contributed by atoms with Crippen molar-refractivity contribution in [2.45, 2.75) is 32.7 Å². The Morgan fingerprint density at radius 3 is 2.52 bits per heavy atom. The fraction of sp³-hybridized carbons (Fsp3) is 0.450. The first kappa shape index (κ1) is 19.5. The quantitative estimate of drug-likeness (QED) is 0.824. The van der Waals surface area contributed by atoms with Gasteiger partial charge in [0.1, 0.15) is 4.88 Å². The normalized spacial score (nSPS) is 15.3. The van der Waals surface area contributed by atoms with Crippen LogP contribution in [0.4, 0.5) is 0 Å². The first-order valence-electron chi connectivity index (χ1n) is 9.27. The van der Waals surface area contributed by atoms with E-state index >= 15 is 0 Å². The van der Waals surface area contributed by atoms with Crippen molar-refractivity contribution >= 4 is 23.2 Å². The van der Waals surface area contributed by atoms with Crippen molar-refractivity contribution in [2.24, 2.45) is 0 Å². The van der Waals surface area contributed by atoms with E-state index in [1.807, 2.05) is 54.0 Å². The fourth-order valence-corrected chi connectivity index (χ4v) is 4.52. The molecule has 144 valence electrons. The van der Waals surface area contributed by atoms with E-state index in [9.17, 15) is 9.59 Å². The largest absolute Gasteiger partial charge is 0.480 e. The van der Waals surface area contributed by atoms with Crippen molar-refractivity contribution in [3.05, 3.63) is 40.2 Å². The van der Waals surface area contributed by atoms with Crippen molar-refractivity contribution in [1.82, 2.24) is 14.8 Å². The predicted octanol–water partition coefficient (Wildman–Crippen LogP) is 3.13. The van der Waals surface area contributed by atoms with Crippen LogP contribution in [-0.4, -0.2) is 64.0 Å². The highest BCUT2D eigenvalue weighted by molar-refractivity contribution is 7.14. The second-order valence-corrected chi connectivity index (χ2v) is 7.96. The van der Waals surface area contributed by atoms with Gasteiger partial charge in [0.05, 0.1) is 17.2 Å². The van der Waals surface area contributed by atoms with E-state index in [1.165, 1.54) is 11.3 Å². The Bertz CT molecular complexity index is 798. The maximum Gasteiger partial charge on any atom is 0.317 e. The molecule has 1 aliphatic rings. The summed E-state index contributed by atoms with van der Waals surface area (Å²) in [5, 5.41) is 9.94. The minimum atomic E-state index is -0.803. The number of likely N-dealkylation sites (tertiary alicyclic amines) is 1. The van der Waals surface area contributed by atoms with Gasteiger partial charge >= 0.3 is 5.97 Å². The number of carbonyl (C=O) groups is 2. The van der Waals surface area contributed by atoms with Gasteiger partial charge < -0.3 is 10.0 Å². The molecule has 0 radical (unpaired) electrons. The van der Waals surface area contributed by atoms with Gasteiger partial charge in [0, 0.05) is 24.7 Å². The minimum Gasteiger partial charge on any atom is -0.480 e. The minimum absolute atomic E-state index is 0.0270. The lowest BCUT2D eigenvalue weighted by molar-refractivity contribution is -0.139. The van der Waals surface area contributed by atoms with Gasteiger partial charge in [-0.15, -0.1) is 11.3 Å². The Balaban J connectivity index is 1.71. The van der Waals surface area contributed by atoms with Gasteiger partial charge in [-0.2, -0.15) is 0 Å². The van der Waals surface area contributed by atoms with E-state index in [1.54, 1.807) is 0 Å². The molecule has 1 amide bonds. The summed E-state index contributed by atoms with van der Waals surface area (Å²) in [6.07, 6.45) is 1.59. The smallest absolute Gasteiger partial charge is 0.317 e. The van der Waals surface area contributed by atoms with Gasteiger partial charge in [0.15, 0.2) is 0 Å². The summed E-state index contributed by atoms with van der Waals surface area (Å²) in [5.41, 5.74) is 1.71. The van der Waals surface area contributed by atoms with Gasteiger partial charge in [-0.25, -0.2) is 4.98 Å². The number of aliphatic carboxylic acids is 1. The molecular formula is C20H25N3O3S. The van der Waals surface area contributed by atoms with Crippen LogP contribution in [0.5, 0.6) is 0 Å². The molecule has 3 rings (SSSR count). The Kier molecular flexibility index (Phi) is 6.23. The van der Waals surface area contributed by atoms with E-state index in [-0.39, 0.29) is 18.5 Å². The number of rotatable bonds is 6. The Morgan fingerprint density at radius 2 is 1.93 bits per heavy atom. The summed E-state index contributed by atoms with van der Waals surface area (Å²) in [6.45, 7) is 5.95. The van der Waals surface area contributed by atoms with Crippen LogP contribution >= 0.6 is 11.3 Å². The average Bonchev–Trinajstić information content (AvgIpc) is 3.08. The van der Waals surface area contributed by atoms with Crippen molar-refractivity contribution < 1.29 is 14.7 Å². The second-order valence-electron chi connectivity index (χ2n) is 6.76. The maximum atomic E-state index is 13.1. The number of benzene rings is 1. The van der Waals surface area contributed by atoms with E-state index < -0.39 is 5.97 Å². The van der Waals surface area contributed by atoms with Crippen LogP contribution in [0.15, 0.2) is 30.3 Å². The lowest BCUT2D eigenvalue weighted by atomic mass is 10.0. The molecule has 1 aromatic heterocycles. The lowest BCUT2D eigenvalue weighted by Crippen LogP contribution is -2.48. The Labute approximate surface area is 163 Å². The van der Waals surface area contributed by atoms with Crippen molar-refractivity contribution in [1.29, 1.82) is 0 Å². The summed E-state index contributed by atoms with van der Waals surface area (Å²) < 4.78 is 0. The number of aromatic nitrogens is 1. The number of hydrogen-bond donors (Lipinski definition) is 1. The number of nitrogens with zero attached hydrogens (tertiary/aromatic N) is 3. The molecule has 1 N–H and O–H groups in total. The molecule has 0 aliphatic carbocycles. The molecule has 6 nitrogen and oxygen atoms in total. The van der Waals surface area contributed by atoms with Crippen LogP contribution < -0.4 is 0 Å². The summed E-state index contributed by atoms with van der Waals surface area (Å²) >= 11 is 1.44. The molecule has 0 atom stereocenters. The number of carboxylic acid groups (broad SMARTS) is 1. The molecule has 1 saturated heterocycles. The molecule has 2 aromatic rings. The standard InChI is InChI=1S/C20H25N3O3S/c1-3-22(13-17(24)25)16-9-11-23(12-10-16)20(26)19-18(21-14(2)27-19)15-7-5-4-6-8-15/h4-8,16H,3,9-13H2,1-2H3,(H,24,25). The van der Waals surface area contributed by atoms with Gasteiger partial charge in [-0.05, 0) is 26.3 Å². The van der Waals surface area contributed by atoms with Gasteiger partial charge in [-0.1, -0.05) is 37.3 Å². The van der Waals surface area contributed by atoms with E-state index in [0.29, 0.717) is 24.5 Å². The molecule has 1 aromatic carbocycles. The lowest BCUT2D eigenvalue weighted by Gasteiger charge is -2.37. The zero-order valence-electron chi connectivity index (χ0n) is 15.7. The van der Waals surface area contributed by atoms with Crippen molar-refractivity contribution in [3.8, 4) is 11.3 Å². The van der Waals surface area contributed by atoms with E-state index in [0.717, 1.165) is 29.1 Å². The van der Waals surface area contributed by atoms with E-state index in [4.69, 9.17) is 5.11 Å². The van der Waals surface area contributed by atoms with Crippen LogP contribution in [0.25, 0.3) is 11.3 Å². The highest BCUT2D eigenvalue weighted by Gasteiger charge is 2.30. The Hall–Kier alpha value is -2.25. The molecule has 0 bridgehead atoms. The van der Waals surface area contributed by atoms with Gasteiger partial charge in [0.2, 0.25) is 0 Å². The van der Waals surface area contributed by atoms with Crippen LogP contribution in [0, 0.1) is 6.92 Å². The van der Waals surface area contributed by atoms with E-state index in [2.05, 4.69) is 4.98 Å². The Morgan fingerprint density at radius 1 is 1.26 bits per heavy atom. The maximum absolute atomic E-state index is 13.1. The summed E-state index contributed by atoms with van der Waals surface area (Å²) in [7, 11) is 0. The highest BCUT2D eigenvalue weighted by Crippen LogP contribution is 2.30. The zero-order chi connectivity index (χ0) is 19.4. The number of thiazole rings is 1. The number of piperidine rings is 1. The molecular weight excluding hydrogens is 362 g/mol. The first-order valence-corrected chi connectivity index (χ1v) is 10.1. The third-order valence-corrected chi connectivity index (χ3v) is 5.95. The summed E-state index contributed by atoms with van der Waals surface area (Å²) in [6, 6.07) is 10.0. The molecule has 2 heterocycles. The van der Waals surface area contributed by atoms with Crippen LogP contribution in [0.3, 0.4) is 0 Å². The van der Waals surface area contributed by atoms with Crippen molar-refractivity contribution in [2.75, 3.05) is 26.2 Å². The van der Waals surface area contributed by atoms with Crippen LogP contribution in [0.2, 0.25) is 0 Å².